The minimum atomic E-state index is -4.12. The first-order valence-electron chi connectivity index (χ1n) is 12.7. The maximum atomic E-state index is 14.0. The summed E-state index contributed by atoms with van der Waals surface area (Å²) in [7, 11) is -4.12. The van der Waals surface area contributed by atoms with E-state index in [1.165, 1.54) is 29.2 Å². The lowest BCUT2D eigenvalue weighted by molar-refractivity contribution is -0.140. The van der Waals surface area contributed by atoms with Crippen LogP contribution in [0, 0.1) is 9.39 Å². The molecule has 0 heterocycles. The summed E-state index contributed by atoms with van der Waals surface area (Å²) < 4.78 is 43.1. The standard InChI is InChI=1S/C29H33FIN3O4S/c1-4-21(3)32-29(36)27(5-2)33(19-22-11-13-23(30)14-12-22)28(35)20-34(25-17-15-24(31)16-18-25)39(37,38)26-9-7-6-8-10-26/h6-18,21,27H,4-5,19-20H2,1-3H3,(H,32,36). The molecule has 3 aromatic carbocycles. The second-order valence-electron chi connectivity index (χ2n) is 9.19. The molecule has 7 nitrogen and oxygen atoms in total. The van der Waals surface area contributed by atoms with Gasteiger partial charge >= 0.3 is 0 Å². The van der Waals surface area contributed by atoms with E-state index in [0.717, 1.165) is 7.88 Å². The number of halogens is 2. The van der Waals surface area contributed by atoms with Crippen molar-refractivity contribution in [2.45, 2.75) is 57.1 Å². The predicted octanol–water partition coefficient (Wildman–Crippen LogP) is 5.35. The van der Waals surface area contributed by atoms with Gasteiger partial charge in [-0.25, -0.2) is 12.8 Å². The monoisotopic (exact) mass is 665 g/mol. The highest BCUT2D eigenvalue weighted by Gasteiger charge is 2.33. The van der Waals surface area contributed by atoms with Crippen LogP contribution in [-0.2, 0) is 26.2 Å². The van der Waals surface area contributed by atoms with Crippen molar-refractivity contribution in [3.8, 4) is 0 Å². The van der Waals surface area contributed by atoms with Crippen LogP contribution in [0.5, 0.6) is 0 Å². The van der Waals surface area contributed by atoms with Gasteiger partial charge in [-0.2, -0.15) is 0 Å². The molecule has 0 radical (unpaired) electrons. The zero-order valence-corrected chi connectivity index (χ0v) is 25.2. The molecule has 0 aliphatic carbocycles. The molecule has 0 aliphatic rings. The lowest BCUT2D eigenvalue weighted by atomic mass is 10.1. The van der Waals surface area contributed by atoms with Gasteiger partial charge in [0, 0.05) is 16.2 Å². The number of sulfonamides is 1. The quantitative estimate of drug-likeness (QED) is 0.265. The molecule has 2 unspecified atom stereocenters. The van der Waals surface area contributed by atoms with E-state index in [4.69, 9.17) is 0 Å². The van der Waals surface area contributed by atoms with E-state index in [9.17, 15) is 22.4 Å². The van der Waals surface area contributed by atoms with Crippen LogP contribution in [-0.4, -0.2) is 43.8 Å². The number of hydrogen-bond acceptors (Lipinski definition) is 4. The highest BCUT2D eigenvalue weighted by molar-refractivity contribution is 14.1. The molecule has 3 rings (SSSR count). The summed E-state index contributed by atoms with van der Waals surface area (Å²) in [5, 5.41) is 2.93. The molecular weight excluding hydrogens is 632 g/mol. The van der Waals surface area contributed by atoms with Gasteiger partial charge in [0.25, 0.3) is 10.0 Å². The number of benzene rings is 3. The SMILES string of the molecule is CCC(C)NC(=O)C(CC)N(Cc1ccc(F)cc1)C(=O)CN(c1ccc(I)cc1)S(=O)(=O)c1ccccc1. The molecule has 0 saturated heterocycles. The van der Waals surface area contributed by atoms with Crippen LogP contribution in [0.15, 0.2) is 83.8 Å². The van der Waals surface area contributed by atoms with E-state index in [0.29, 0.717) is 24.1 Å². The van der Waals surface area contributed by atoms with E-state index in [1.807, 2.05) is 13.8 Å². The zero-order chi connectivity index (χ0) is 28.6. The van der Waals surface area contributed by atoms with Gasteiger partial charge in [-0.15, -0.1) is 0 Å². The minimum absolute atomic E-state index is 0.0114. The lowest BCUT2D eigenvalue weighted by Crippen LogP contribution is -2.53. The highest BCUT2D eigenvalue weighted by atomic mass is 127. The molecule has 3 aromatic rings. The van der Waals surface area contributed by atoms with Crippen molar-refractivity contribution >= 4 is 50.1 Å². The molecule has 0 aromatic heterocycles. The first kappa shape index (κ1) is 30.6. The third-order valence-corrected chi connectivity index (χ3v) is 8.89. The number of hydrogen-bond donors (Lipinski definition) is 1. The lowest BCUT2D eigenvalue weighted by Gasteiger charge is -2.33. The topological polar surface area (TPSA) is 86.8 Å². The molecule has 1 N–H and O–H groups in total. The summed E-state index contributed by atoms with van der Waals surface area (Å²) >= 11 is 2.12. The third-order valence-electron chi connectivity index (χ3n) is 6.38. The van der Waals surface area contributed by atoms with E-state index in [2.05, 4.69) is 27.9 Å². The van der Waals surface area contributed by atoms with Crippen LogP contribution < -0.4 is 9.62 Å². The van der Waals surface area contributed by atoms with Crippen LogP contribution in [0.2, 0.25) is 0 Å². The van der Waals surface area contributed by atoms with Gasteiger partial charge in [0.2, 0.25) is 11.8 Å². The summed E-state index contributed by atoms with van der Waals surface area (Å²) in [4.78, 5) is 28.6. The zero-order valence-electron chi connectivity index (χ0n) is 22.2. The number of rotatable bonds is 12. The minimum Gasteiger partial charge on any atom is -0.352 e. The Labute approximate surface area is 243 Å². The number of amides is 2. The number of nitrogens with one attached hydrogen (secondary N) is 1. The van der Waals surface area contributed by atoms with Crippen molar-refractivity contribution < 1.29 is 22.4 Å². The van der Waals surface area contributed by atoms with Crippen molar-refractivity contribution in [3.05, 3.63) is 93.8 Å². The Kier molecular flexibility index (Phi) is 10.9. The second-order valence-corrected chi connectivity index (χ2v) is 12.3. The van der Waals surface area contributed by atoms with Crippen LogP contribution >= 0.6 is 22.6 Å². The Bertz CT molecular complexity index is 1350. The number of carbonyl (C=O) groups is 2. The molecule has 208 valence electrons. The Balaban J connectivity index is 2.03. The van der Waals surface area contributed by atoms with Gasteiger partial charge in [0.05, 0.1) is 10.6 Å². The summed E-state index contributed by atoms with van der Waals surface area (Å²) in [6, 6.07) is 19.4. The molecule has 0 aliphatic heterocycles. The molecule has 0 fully saturated rings. The van der Waals surface area contributed by atoms with Crippen LogP contribution in [0.3, 0.4) is 0 Å². The van der Waals surface area contributed by atoms with Crippen molar-refractivity contribution in [1.82, 2.24) is 10.2 Å². The van der Waals surface area contributed by atoms with Crippen molar-refractivity contribution in [3.63, 3.8) is 0 Å². The first-order chi connectivity index (χ1) is 18.6. The van der Waals surface area contributed by atoms with E-state index in [1.54, 1.807) is 61.5 Å². The molecule has 39 heavy (non-hydrogen) atoms. The average molecular weight is 666 g/mol. The van der Waals surface area contributed by atoms with Crippen LogP contribution in [0.1, 0.15) is 39.2 Å². The van der Waals surface area contributed by atoms with Crippen molar-refractivity contribution in [2.24, 2.45) is 0 Å². The molecule has 2 atom stereocenters. The van der Waals surface area contributed by atoms with Crippen LogP contribution in [0.4, 0.5) is 10.1 Å². The summed E-state index contributed by atoms with van der Waals surface area (Å²) in [6.45, 7) is 5.11. The molecule has 2 amide bonds. The second kappa shape index (κ2) is 13.9. The normalized spacial score (nSPS) is 12.8. The van der Waals surface area contributed by atoms with Gasteiger partial charge in [-0.1, -0.05) is 44.2 Å². The fourth-order valence-electron chi connectivity index (χ4n) is 4.00. The molecule has 0 saturated carbocycles. The van der Waals surface area contributed by atoms with Crippen molar-refractivity contribution in [1.29, 1.82) is 0 Å². The maximum absolute atomic E-state index is 14.0. The van der Waals surface area contributed by atoms with Gasteiger partial charge in [0.15, 0.2) is 0 Å². The Morgan fingerprint density at radius 2 is 1.54 bits per heavy atom. The largest absolute Gasteiger partial charge is 0.352 e. The molecular formula is C29H33FIN3O4S. The van der Waals surface area contributed by atoms with E-state index >= 15 is 0 Å². The number of carbonyl (C=O) groups excluding carboxylic acids is 2. The van der Waals surface area contributed by atoms with Gasteiger partial charge < -0.3 is 10.2 Å². The van der Waals surface area contributed by atoms with E-state index < -0.39 is 34.3 Å². The summed E-state index contributed by atoms with van der Waals surface area (Å²) in [5.41, 5.74) is 0.942. The van der Waals surface area contributed by atoms with Gasteiger partial charge in [-0.3, -0.25) is 13.9 Å². The average Bonchev–Trinajstić information content (AvgIpc) is 2.93. The highest BCUT2D eigenvalue weighted by Crippen LogP contribution is 2.25. The molecule has 0 bridgehead atoms. The molecule has 10 heteroatoms. The smallest absolute Gasteiger partial charge is 0.264 e. The van der Waals surface area contributed by atoms with Gasteiger partial charge in [0.1, 0.15) is 18.4 Å². The van der Waals surface area contributed by atoms with Crippen LogP contribution in [0.25, 0.3) is 0 Å². The number of nitrogens with zero attached hydrogens (tertiary/aromatic N) is 2. The number of anilines is 1. The van der Waals surface area contributed by atoms with E-state index in [-0.39, 0.29) is 23.4 Å². The Morgan fingerprint density at radius 3 is 2.10 bits per heavy atom. The third kappa shape index (κ3) is 8.01. The Morgan fingerprint density at radius 1 is 0.923 bits per heavy atom. The molecule has 0 spiro atoms. The summed E-state index contributed by atoms with van der Waals surface area (Å²) in [5.74, 6) is -1.30. The maximum Gasteiger partial charge on any atom is 0.264 e. The first-order valence-corrected chi connectivity index (χ1v) is 15.3. The van der Waals surface area contributed by atoms with Gasteiger partial charge in [-0.05, 0) is 96.5 Å². The fourth-order valence-corrected chi connectivity index (χ4v) is 5.80. The Hall–Kier alpha value is -2.99. The fraction of sp³-hybridized carbons (Fsp3) is 0.310. The van der Waals surface area contributed by atoms with Crippen molar-refractivity contribution in [2.75, 3.05) is 10.8 Å². The predicted molar refractivity (Wildman–Crippen MR) is 159 cm³/mol. The summed E-state index contributed by atoms with van der Waals surface area (Å²) in [6.07, 6.45) is 1.02.